The molecule has 0 aliphatic heterocycles. The van der Waals surface area contributed by atoms with Gasteiger partial charge in [-0.3, -0.25) is 0 Å². The van der Waals surface area contributed by atoms with Gasteiger partial charge in [0, 0.05) is 0 Å². The van der Waals surface area contributed by atoms with E-state index in [9.17, 15) is 0 Å². The molecule has 24 heavy (non-hydrogen) atoms. The Hall–Kier alpha value is -1.96. The van der Waals surface area contributed by atoms with E-state index in [2.05, 4.69) is 15.3 Å². The first kappa shape index (κ1) is 16.9. The average Bonchev–Trinajstić information content (AvgIpc) is 3.21. The molecule has 0 spiro atoms. The molecule has 2 aromatic heterocycles. The van der Waals surface area contributed by atoms with E-state index in [0.717, 1.165) is 0 Å². The molecule has 0 unspecified atom stereocenters. The SMILES string of the molecule is CSc1nncn1/N=C\c1ccc(COc2c(Cl)cccc2Cl)o1. The Balaban J connectivity index is 1.66. The standard InChI is InChI=1S/C15H12Cl2N4O2S/c1-24-15-20-18-9-21(15)19-7-10-5-6-11(23-10)8-22-14-12(16)3-2-4-13(14)17/h2-7,9H,8H2,1H3/b19-7-. The molecular formula is C15H12Cl2N4O2S. The van der Waals surface area contributed by atoms with Crippen LogP contribution in [-0.4, -0.2) is 27.3 Å². The lowest BCUT2D eigenvalue weighted by atomic mass is 10.3. The Morgan fingerprint density at radius 2 is 2.08 bits per heavy atom. The summed E-state index contributed by atoms with van der Waals surface area (Å²) < 4.78 is 12.8. The smallest absolute Gasteiger partial charge is 0.211 e. The zero-order valence-corrected chi connectivity index (χ0v) is 14.8. The number of aromatic nitrogens is 3. The van der Waals surface area contributed by atoms with Crippen molar-refractivity contribution in [2.24, 2.45) is 5.10 Å². The maximum Gasteiger partial charge on any atom is 0.211 e. The number of rotatable bonds is 6. The second-order valence-electron chi connectivity index (χ2n) is 4.55. The lowest BCUT2D eigenvalue weighted by Crippen LogP contribution is -1.95. The van der Waals surface area contributed by atoms with Crippen LogP contribution >= 0.6 is 35.0 Å². The highest BCUT2D eigenvalue weighted by atomic mass is 35.5. The summed E-state index contributed by atoms with van der Waals surface area (Å²) >= 11 is 13.6. The van der Waals surface area contributed by atoms with E-state index in [-0.39, 0.29) is 6.61 Å². The minimum atomic E-state index is 0.208. The van der Waals surface area contributed by atoms with Crippen LogP contribution in [-0.2, 0) is 6.61 Å². The highest BCUT2D eigenvalue weighted by molar-refractivity contribution is 7.98. The van der Waals surface area contributed by atoms with Crippen molar-refractivity contribution in [3.05, 3.63) is 58.2 Å². The van der Waals surface area contributed by atoms with Gasteiger partial charge in [0.15, 0.2) is 5.75 Å². The van der Waals surface area contributed by atoms with E-state index in [1.54, 1.807) is 41.2 Å². The molecule has 1 aromatic carbocycles. The molecule has 0 saturated heterocycles. The fraction of sp³-hybridized carbons (Fsp3) is 0.133. The molecule has 0 atom stereocenters. The Morgan fingerprint density at radius 3 is 2.83 bits per heavy atom. The monoisotopic (exact) mass is 382 g/mol. The van der Waals surface area contributed by atoms with Gasteiger partial charge in [0.05, 0.1) is 16.3 Å². The highest BCUT2D eigenvalue weighted by Crippen LogP contribution is 2.32. The molecule has 3 aromatic rings. The number of furan rings is 1. The van der Waals surface area contributed by atoms with Gasteiger partial charge in [-0.1, -0.05) is 41.0 Å². The third kappa shape index (κ3) is 3.92. The van der Waals surface area contributed by atoms with Gasteiger partial charge in [-0.05, 0) is 30.5 Å². The van der Waals surface area contributed by atoms with Crippen molar-refractivity contribution in [1.82, 2.24) is 14.9 Å². The largest absolute Gasteiger partial charge is 0.483 e. The summed E-state index contributed by atoms with van der Waals surface area (Å²) in [5.41, 5.74) is 0. The first-order valence-corrected chi connectivity index (χ1v) is 8.79. The second-order valence-corrected chi connectivity index (χ2v) is 6.14. The molecule has 3 rings (SSSR count). The lowest BCUT2D eigenvalue weighted by molar-refractivity contribution is 0.270. The van der Waals surface area contributed by atoms with Crippen LogP contribution in [0.4, 0.5) is 0 Å². The van der Waals surface area contributed by atoms with Crippen LogP contribution in [0.1, 0.15) is 11.5 Å². The van der Waals surface area contributed by atoms with Crippen LogP contribution in [0, 0.1) is 0 Å². The molecular weight excluding hydrogens is 371 g/mol. The highest BCUT2D eigenvalue weighted by Gasteiger charge is 2.08. The summed E-state index contributed by atoms with van der Waals surface area (Å²) in [5, 5.41) is 13.5. The lowest BCUT2D eigenvalue weighted by Gasteiger charge is -2.07. The third-order valence-corrected chi connectivity index (χ3v) is 4.18. The molecule has 0 aliphatic rings. The minimum Gasteiger partial charge on any atom is -0.483 e. The Bertz CT molecular complexity index is 843. The third-order valence-electron chi connectivity index (χ3n) is 2.95. The first-order valence-electron chi connectivity index (χ1n) is 6.81. The molecule has 2 heterocycles. The van der Waals surface area contributed by atoms with Crippen molar-refractivity contribution in [1.29, 1.82) is 0 Å². The van der Waals surface area contributed by atoms with Crippen molar-refractivity contribution in [2.75, 3.05) is 6.26 Å². The number of hydrogen-bond acceptors (Lipinski definition) is 6. The molecule has 0 fully saturated rings. The maximum atomic E-state index is 6.06. The zero-order valence-electron chi connectivity index (χ0n) is 12.5. The molecule has 0 bridgehead atoms. The van der Waals surface area contributed by atoms with E-state index in [1.807, 2.05) is 6.26 Å². The molecule has 124 valence electrons. The Kier molecular flexibility index (Phi) is 5.44. The summed E-state index contributed by atoms with van der Waals surface area (Å²) in [5.74, 6) is 1.64. The maximum absolute atomic E-state index is 6.06. The van der Waals surface area contributed by atoms with Gasteiger partial charge in [-0.15, -0.1) is 10.2 Å². The summed E-state index contributed by atoms with van der Waals surface area (Å²) in [6, 6.07) is 8.77. The van der Waals surface area contributed by atoms with Gasteiger partial charge < -0.3 is 9.15 Å². The van der Waals surface area contributed by atoms with Crippen LogP contribution in [0.5, 0.6) is 5.75 Å². The number of benzene rings is 1. The van der Waals surface area contributed by atoms with E-state index in [0.29, 0.717) is 32.5 Å². The van der Waals surface area contributed by atoms with Crippen LogP contribution in [0.2, 0.25) is 10.0 Å². The predicted octanol–water partition coefficient (Wildman–Crippen LogP) is 4.36. The van der Waals surface area contributed by atoms with Gasteiger partial charge >= 0.3 is 0 Å². The summed E-state index contributed by atoms with van der Waals surface area (Å²) in [6.45, 7) is 0.208. The average molecular weight is 383 g/mol. The molecule has 0 N–H and O–H groups in total. The fourth-order valence-corrected chi connectivity index (χ4v) is 2.77. The molecule has 6 nitrogen and oxygen atoms in total. The molecule has 0 saturated carbocycles. The van der Waals surface area contributed by atoms with Crippen LogP contribution in [0.25, 0.3) is 0 Å². The molecule has 0 aliphatic carbocycles. The van der Waals surface area contributed by atoms with Crippen molar-refractivity contribution < 1.29 is 9.15 Å². The number of ether oxygens (including phenoxy) is 1. The van der Waals surface area contributed by atoms with E-state index in [1.165, 1.54) is 18.1 Å². The molecule has 0 radical (unpaired) electrons. The number of hydrogen-bond donors (Lipinski definition) is 0. The van der Waals surface area contributed by atoms with Gasteiger partial charge in [-0.25, -0.2) is 0 Å². The van der Waals surface area contributed by atoms with Crippen LogP contribution < -0.4 is 4.74 Å². The number of halogens is 2. The summed E-state index contributed by atoms with van der Waals surface area (Å²) in [6.07, 6.45) is 5.00. The minimum absolute atomic E-state index is 0.208. The normalized spacial score (nSPS) is 11.3. The Morgan fingerprint density at radius 1 is 1.29 bits per heavy atom. The number of thioether (sulfide) groups is 1. The topological polar surface area (TPSA) is 65.4 Å². The zero-order chi connectivity index (χ0) is 16.9. The van der Waals surface area contributed by atoms with Crippen LogP contribution in [0.3, 0.4) is 0 Å². The number of para-hydroxylation sites is 1. The summed E-state index contributed by atoms with van der Waals surface area (Å²) in [7, 11) is 0. The molecule has 9 heteroatoms. The van der Waals surface area contributed by atoms with Crippen molar-refractivity contribution in [2.45, 2.75) is 11.8 Å². The quantitative estimate of drug-likeness (QED) is 0.467. The van der Waals surface area contributed by atoms with Crippen molar-refractivity contribution in [3.8, 4) is 5.75 Å². The fourth-order valence-electron chi connectivity index (χ4n) is 1.86. The van der Waals surface area contributed by atoms with Crippen molar-refractivity contribution in [3.63, 3.8) is 0 Å². The van der Waals surface area contributed by atoms with Crippen molar-refractivity contribution >= 4 is 41.2 Å². The van der Waals surface area contributed by atoms with Crippen LogP contribution in [0.15, 0.2) is 51.3 Å². The van der Waals surface area contributed by atoms with Gasteiger partial charge in [0.1, 0.15) is 24.5 Å². The first-order chi connectivity index (χ1) is 11.7. The number of nitrogens with zero attached hydrogens (tertiary/aromatic N) is 4. The summed E-state index contributed by atoms with van der Waals surface area (Å²) in [4.78, 5) is 0. The molecule has 0 amide bonds. The van der Waals surface area contributed by atoms with E-state index in [4.69, 9.17) is 32.4 Å². The Labute approximate surface area is 152 Å². The predicted molar refractivity (Wildman–Crippen MR) is 94.3 cm³/mol. The van der Waals surface area contributed by atoms with Gasteiger partial charge in [-0.2, -0.15) is 9.78 Å². The van der Waals surface area contributed by atoms with E-state index >= 15 is 0 Å². The van der Waals surface area contributed by atoms with E-state index < -0.39 is 0 Å². The van der Waals surface area contributed by atoms with Gasteiger partial charge in [0.25, 0.3) is 0 Å². The van der Waals surface area contributed by atoms with Gasteiger partial charge in [0.2, 0.25) is 5.16 Å². The second kappa shape index (κ2) is 7.74.